The topological polar surface area (TPSA) is 211 Å². The van der Waals surface area contributed by atoms with Crippen molar-refractivity contribution in [2.24, 2.45) is 23.1 Å². The second kappa shape index (κ2) is 13.7. The molecule has 0 radical (unpaired) electrons. The van der Waals surface area contributed by atoms with Crippen LogP contribution in [0.15, 0.2) is 0 Å². The third kappa shape index (κ3) is 8.97. The number of carboxylic acids is 1. The summed E-state index contributed by atoms with van der Waals surface area (Å²) >= 11 is 0. The monoisotopic (exact) mass is 470 g/mol. The summed E-state index contributed by atoms with van der Waals surface area (Å²) in [6, 6.07) is -3.83. The molecule has 4 amide bonds. The molecule has 0 aromatic heterocycles. The van der Waals surface area contributed by atoms with E-state index in [4.69, 9.17) is 17.2 Å². The molecule has 0 aromatic carbocycles. The van der Waals surface area contributed by atoms with E-state index in [2.05, 4.69) is 10.6 Å². The SMILES string of the molecule is CC(C)C(NC(=O)C1CCCN1C(=O)C(CCCCN)NC(=O)C(N)CCC(N)=O)C(=O)O. The van der Waals surface area contributed by atoms with Gasteiger partial charge in [-0.1, -0.05) is 13.8 Å². The van der Waals surface area contributed by atoms with E-state index in [0.717, 1.165) is 0 Å². The first-order chi connectivity index (χ1) is 15.5. The van der Waals surface area contributed by atoms with Crippen LogP contribution in [0.25, 0.3) is 0 Å². The number of unbranched alkanes of at least 4 members (excludes halogenated alkanes) is 1. The van der Waals surface area contributed by atoms with Crippen LogP contribution in [-0.2, 0) is 24.0 Å². The van der Waals surface area contributed by atoms with Crippen molar-refractivity contribution in [1.29, 1.82) is 0 Å². The number of hydrogen-bond acceptors (Lipinski definition) is 7. The number of carbonyl (C=O) groups is 5. The van der Waals surface area contributed by atoms with Gasteiger partial charge in [0.25, 0.3) is 0 Å². The highest BCUT2D eigenvalue weighted by Crippen LogP contribution is 2.20. The van der Waals surface area contributed by atoms with Crippen LogP contribution >= 0.6 is 0 Å². The van der Waals surface area contributed by atoms with Gasteiger partial charge in [-0.15, -0.1) is 0 Å². The Labute approximate surface area is 194 Å². The summed E-state index contributed by atoms with van der Waals surface area (Å²) in [5.41, 5.74) is 16.5. The maximum atomic E-state index is 13.3. The molecule has 4 atom stereocenters. The van der Waals surface area contributed by atoms with Crippen molar-refractivity contribution in [3.8, 4) is 0 Å². The Hall–Kier alpha value is -2.73. The molecule has 1 heterocycles. The first-order valence-electron chi connectivity index (χ1n) is 11.4. The van der Waals surface area contributed by atoms with Crippen LogP contribution in [0.1, 0.15) is 58.8 Å². The summed E-state index contributed by atoms with van der Waals surface area (Å²) in [7, 11) is 0. The van der Waals surface area contributed by atoms with Gasteiger partial charge < -0.3 is 37.8 Å². The maximum Gasteiger partial charge on any atom is 0.326 e. The van der Waals surface area contributed by atoms with Gasteiger partial charge in [0.2, 0.25) is 23.6 Å². The largest absolute Gasteiger partial charge is 0.480 e. The lowest BCUT2D eigenvalue weighted by Gasteiger charge is -2.30. The minimum atomic E-state index is -1.15. The molecule has 0 aliphatic carbocycles. The second-order valence-corrected chi connectivity index (χ2v) is 8.72. The highest BCUT2D eigenvalue weighted by Gasteiger charge is 2.39. The van der Waals surface area contributed by atoms with Crippen molar-refractivity contribution in [2.45, 2.75) is 83.0 Å². The van der Waals surface area contributed by atoms with Crippen LogP contribution in [0.4, 0.5) is 0 Å². The van der Waals surface area contributed by atoms with Crippen molar-refractivity contribution in [2.75, 3.05) is 13.1 Å². The molecule has 1 rings (SSSR count). The van der Waals surface area contributed by atoms with Gasteiger partial charge >= 0.3 is 5.97 Å². The zero-order chi connectivity index (χ0) is 25.1. The Balaban J connectivity index is 2.93. The normalized spacial score (nSPS) is 18.5. The number of amides is 4. The molecule has 0 saturated carbocycles. The van der Waals surface area contributed by atoms with Crippen molar-refractivity contribution >= 4 is 29.6 Å². The maximum absolute atomic E-state index is 13.3. The highest BCUT2D eigenvalue weighted by molar-refractivity contribution is 5.94. The Bertz CT molecular complexity index is 715. The summed E-state index contributed by atoms with van der Waals surface area (Å²) in [6.45, 7) is 4.10. The molecule has 0 spiro atoms. The van der Waals surface area contributed by atoms with Gasteiger partial charge in [-0.3, -0.25) is 19.2 Å². The summed E-state index contributed by atoms with van der Waals surface area (Å²) in [5.74, 6) is -3.62. The van der Waals surface area contributed by atoms with Gasteiger partial charge in [-0.05, 0) is 51.0 Å². The molecule has 1 aliphatic heterocycles. The number of hydrogen-bond donors (Lipinski definition) is 6. The third-order valence-corrected chi connectivity index (χ3v) is 5.67. The molecule has 33 heavy (non-hydrogen) atoms. The molecule has 1 aliphatic rings. The fourth-order valence-electron chi connectivity index (χ4n) is 3.72. The number of nitrogens with two attached hydrogens (primary N) is 3. The van der Waals surface area contributed by atoms with Gasteiger partial charge in [0.15, 0.2) is 0 Å². The number of aliphatic carboxylic acids is 1. The fraction of sp³-hybridized carbons (Fsp3) is 0.762. The molecule has 9 N–H and O–H groups in total. The Morgan fingerprint density at radius 1 is 1.09 bits per heavy atom. The lowest BCUT2D eigenvalue weighted by molar-refractivity contribution is -0.145. The molecule has 188 valence electrons. The van der Waals surface area contributed by atoms with E-state index >= 15 is 0 Å². The lowest BCUT2D eigenvalue weighted by atomic mass is 10.0. The highest BCUT2D eigenvalue weighted by atomic mass is 16.4. The Kier molecular flexibility index (Phi) is 11.8. The Morgan fingerprint density at radius 2 is 1.76 bits per heavy atom. The standard InChI is InChI=1S/C21H38N6O6/c1-12(2)17(21(32)33)26-19(30)15-7-5-11-27(15)20(31)14(6-3-4-10-22)25-18(29)13(23)8-9-16(24)28/h12-15,17H,3-11,22-23H2,1-2H3,(H2,24,28)(H,25,29)(H,26,30)(H,32,33). The summed E-state index contributed by atoms with van der Waals surface area (Å²) in [5, 5.41) is 14.5. The van der Waals surface area contributed by atoms with Gasteiger partial charge in [0, 0.05) is 13.0 Å². The van der Waals surface area contributed by atoms with Gasteiger partial charge in [0.1, 0.15) is 18.1 Å². The van der Waals surface area contributed by atoms with E-state index in [-0.39, 0.29) is 18.8 Å². The average Bonchev–Trinajstić information content (AvgIpc) is 3.23. The van der Waals surface area contributed by atoms with Crippen molar-refractivity contribution in [3.05, 3.63) is 0 Å². The third-order valence-electron chi connectivity index (χ3n) is 5.67. The van der Waals surface area contributed by atoms with Crippen LogP contribution in [-0.4, -0.2) is 76.9 Å². The van der Waals surface area contributed by atoms with Gasteiger partial charge in [-0.2, -0.15) is 0 Å². The molecular formula is C21H38N6O6. The van der Waals surface area contributed by atoms with Crippen molar-refractivity contribution in [1.82, 2.24) is 15.5 Å². The quantitative estimate of drug-likeness (QED) is 0.162. The van der Waals surface area contributed by atoms with E-state index in [1.807, 2.05) is 0 Å². The van der Waals surface area contributed by atoms with E-state index < -0.39 is 53.8 Å². The molecule has 1 saturated heterocycles. The number of nitrogens with one attached hydrogen (secondary N) is 2. The van der Waals surface area contributed by atoms with Crippen LogP contribution in [0.5, 0.6) is 0 Å². The fourth-order valence-corrected chi connectivity index (χ4v) is 3.72. The van der Waals surface area contributed by atoms with E-state index in [9.17, 15) is 29.1 Å². The smallest absolute Gasteiger partial charge is 0.326 e. The predicted molar refractivity (Wildman–Crippen MR) is 120 cm³/mol. The van der Waals surface area contributed by atoms with Gasteiger partial charge in [0.05, 0.1) is 6.04 Å². The second-order valence-electron chi connectivity index (χ2n) is 8.72. The van der Waals surface area contributed by atoms with Gasteiger partial charge in [-0.25, -0.2) is 4.79 Å². The van der Waals surface area contributed by atoms with Crippen molar-refractivity contribution < 1.29 is 29.1 Å². The van der Waals surface area contributed by atoms with E-state index in [1.54, 1.807) is 13.8 Å². The number of primary amides is 1. The summed E-state index contributed by atoms with van der Waals surface area (Å²) in [4.78, 5) is 62.4. The lowest BCUT2D eigenvalue weighted by Crippen LogP contribution is -2.57. The first kappa shape index (κ1) is 28.3. The number of nitrogens with zero attached hydrogens (tertiary/aromatic N) is 1. The minimum absolute atomic E-state index is 0.0470. The molecule has 4 unspecified atom stereocenters. The number of carboxylic acid groups (broad SMARTS) is 1. The first-order valence-corrected chi connectivity index (χ1v) is 11.4. The zero-order valence-corrected chi connectivity index (χ0v) is 19.4. The van der Waals surface area contributed by atoms with Crippen molar-refractivity contribution in [3.63, 3.8) is 0 Å². The molecule has 0 aromatic rings. The Morgan fingerprint density at radius 3 is 2.30 bits per heavy atom. The van der Waals surface area contributed by atoms with E-state index in [1.165, 1.54) is 4.90 Å². The molecular weight excluding hydrogens is 432 g/mol. The summed E-state index contributed by atoms with van der Waals surface area (Å²) < 4.78 is 0. The van der Waals surface area contributed by atoms with E-state index in [0.29, 0.717) is 45.2 Å². The number of carbonyl (C=O) groups excluding carboxylic acids is 4. The van der Waals surface area contributed by atoms with Crippen LogP contribution in [0, 0.1) is 5.92 Å². The molecule has 12 nitrogen and oxygen atoms in total. The predicted octanol–water partition coefficient (Wildman–Crippen LogP) is -1.59. The summed E-state index contributed by atoms with van der Waals surface area (Å²) in [6.07, 6.45) is 2.48. The molecule has 1 fully saturated rings. The number of rotatable bonds is 14. The van der Waals surface area contributed by atoms with Crippen LogP contribution in [0.2, 0.25) is 0 Å². The average molecular weight is 471 g/mol. The molecule has 12 heteroatoms. The number of likely N-dealkylation sites (tertiary alicyclic amines) is 1. The van der Waals surface area contributed by atoms with Crippen LogP contribution in [0.3, 0.4) is 0 Å². The van der Waals surface area contributed by atoms with Crippen LogP contribution < -0.4 is 27.8 Å². The minimum Gasteiger partial charge on any atom is -0.480 e. The molecule has 0 bridgehead atoms. The zero-order valence-electron chi connectivity index (χ0n) is 19.4.